The van der Waals surface area contributed by atoms with E-state index in [0.717, 1.165) is 19.2 Å². The second kappa shape index (κ2) is 4.22. The number of benzene rings is 1. The average Bonchev–Trinajstić information content (AvgIpc) is 2.27. The number of H-pyrrole nitrogens is 1. The van der Waals surface area contributed by atoms with Gasteiger partial charge < -0.3 is 4.98 Å². The van der Waals surface area contributed by atoms with Gasteiger partial charge >= 0.3 is 29.6 Å². The zero-order valence-corrected chi connectivity index (χ0v) is 10.8. The van der Waals surface area contributed by atoms with Crippen molar-refractivity contribution in [1.82, 2.24) is 4.98 Å². The fraction of sp³-hybridized carbons (Fsp3) is 0. The first-order valence-corrected chi connectivity index (χ1v) is 4.64. The molecule has 1 heterocycles. The summed E-state index contributed by atoms with van der Waals surface area (Å²) in [5, 5.41) is 0.753. The molecule has 0 atom stereocenters. The molecule has 0 amide bonds. The molecule has 0 bridgehead atoms. The molecular weight excluding hydrogens is 221 g/mol. The van der Waals surface area contributed by atoms with Gasteiger partial charge in [0, 0.05) is 5.02 Å². The van der Waals surface area contributed by atoms with Gasteiger partial charge in [-0.3, -0.25) is 0 Å². The Morgan fingerprint density at radius 3 is 2.92 bits per heavy atom. The number of thiazole rings is 1. The van der Waals surface area contributed by atoms with Crippen LogP contribution in [0.25, 0.3) is 10.2 Å². The van der Waals surface area contributed by atoms with E-state index in [1.54, 1.807) is 11.3 Å². The first-order valence-electron chi connectivity index (χ1n) is 3.04. The minimum absolute atomic E-state index is 0. The molecule has 0 radical (unpaired) electrons. The third-order valence-electron chi connectivity index (χ3n) is 1.38. The van der Waals surface area contributed by atoms with E-state index in [1.165, 1.54) is 0 Å². The Labute approximate surface area is 106 Å². The number of fused-ring (bicyclic) bond motifs is 1. The smallest absolute Gasteiger partial charge is 0.337 e. The largest absolute Gasteiger partial charge is 1.00 e. The molecule has 0 unspecified atom stereocenters. The molecule has 0 aliphatic heterocycles. The number of aromatic amines is 1. The number of hydrogen-bond donors (Lipinski definition) is 1. The summed E-state index contributed by atoms with van der Waals surface area (Å²) in [6, 6.07) is 5.69. The summed E-state index contributed by atoms with van der Waals surface area (Å²) in [5.41, 5.74) is 1.06. The van der Waals surface area contributed by atoms with Crippen molar-refractivity contribution >= 4 is 45.4 Å². The van der Waals surface area contributed by atoms with Crippen LogP contribution in [0, 0.1) is 3.95 Å². The van der Waals surface area contributed by atoms with Crippen LogP contribution in [0.2, 0.25) is 5.02 Å². The molecule has 0 saturated heterocycles. The van der Waals surface area contributed by atoms with E-state index in [-0.39, 0.29) is 29.6 Å². The predicted molar refractivity (Wildman–Crippen MR) is 52.0 cm³/mol. The van der Waals surface area contributed by atoms with E-state index in [4.69, 9.17) is 23.8 Å². The minimum Gasteiger partial charge on any atom is -0.337 e. The van der Waals surface area contributed by atoms with E-state index in [0.29, 0.717) is 0 Å². The van der Waals surface area contributed by atoms with Gasteiger partial charge in [0.1, 0.15) is 0 Å². The molecule has 2 rings (SSSR count). The number of halogens is 1. The summed E-state index contributed by atoms with van der Waals surface area (Å²) >= 11 is 12.3. The Hall–Kier alpha value is 0.620. The van der Waals surface area contributed by atoms with Gasteiger partial charge in [-0.05, 0) is 30.4 Å². The average molecular weight is 225 g/mol. The van der Waals surface area contributed by atoms with E-state index >= 15 is 0 Å². The van der Waals surface area contributed by atoms with Gasteiger partial charge in [0.25, 0.3) is 0 Å². The molecular formula is C7H4ClNNaS2+. The molecule has 1 aromatic carbocycles. The fourth-order valence-corrected chi connectivity index (χ4v) is 2.31. The molecule has 12 heavy (non-hydrogen) atoms. The Bertz CT molecular complexity index is 448. The number of aromatic nitrogens is 1. The van der Waals surface area contributed by atoms with Crippen molar-refractivity contribution in [2.75, 3.05) is 0 Å². The van der Waals surface area contributed by atoms with Crippen molar-refractivity contribution in [2.45, 2.75) is 0 Å². The summed E-state index contributed by atoms with van der Waals surface area (Å²) in [7, 11) is 0. The third-order valence-corrected chi connectivity index (χ3v) is 2.82. The molecule has 0 spiro atoms. The second-order valence-electron chi connectivity index (χ2n) is 2.16. The molecule has 0 aliphatic rings. The SMILES string of the molecule is S=c1[nH]c2ccc(Cl)cc2s1.[Na+]. The Kier molecular flexibility index (Phi) is 3.76. The molecule has 0 fully saturated rings. The quantitative estimate of drug-likeness (QED) is 0.513. The summed E-state index contributed by atoms with van der Waals surface area (Å²) in [5.74, 6) is 0. The maximum atomic E-state index is 5.79. The molecule has 1 N–H and O–H groups in total. The van der Waals surface area contributed by atoms with Crippen LogP contribution in [0.5, 0.6) is 0 Å². The number of nitrogens with one attached hydrogen (secondary N) is 1. The van der Waals surface area contributed by atoms with Crippen LogP contribution in [0.4, 0.5) is 0 Å². The van der Waals surface area contributed by atoms with E-state index in [1.807, 2.05) is 18.2 Å². The molecule has 0 saturated carbocycles. The zero-order valence-electron chi connectivity index (χ0n) is 6.43. The van der Waals surface area contributed by atoms with Gasteiger partial charge in [-0.2, -0.15) is 0 Å². The standard InChI is InChI=1S/C7H4ClNS2.Na/c8-4-1-2-5-6(3-4)11-7(10)9-5;/h1-3H,(H,9,10);/q;+1. The van der Waals surface area contributed by atoms with Crippen LogP contribution in [0.3, 0.4) is 0 Å². The summed E-state index contributed by atoms with van der Waals surface area (Å²) < 4.78 is 1.91. The molecule has 0 aliphatic carbocycles. The van der Waals surface area contributed by atoms with Crippen molar-refractivity contribution in [2.24, 2.45) is 0 Å². The Morgan fingerprint density at radius 2 is 2.17 bits per heavy atom. The van der Waals surface area contributed by atoms with E-state index < -0.39 is 0 Å². The predicted octanol–water partition coefficient (Wildman–Crippen LogP) is 0.616. The van der Waals surface area contributed by atoms with Crippen molar-refractivity contribution in [3.8, 4) is 0 Å². The first kappa shape index (κ1) is 10.7. The first-order chi connectivity index (χ1) is 5.25. The van der Waals surface area contributed by atoms with Crippen LogP contribution < -0.4 is 29.6 Å². The number of rotatable bonds is 0. The van der Waals surface area contributed by atoms with Gasteiger partial charge in [0.2, 0.25) is 0 Å². The summed E-state index contributed by atoms with van der Waals surface area (Å²) in [6.45, 7) is 0. The molecule has 2 aromatic rings. The van der Waals surface area contributed by atoms with E-state index in [2.05, 4.69) is 4.98 Å². The van der Waals surface area contributed by atoms with Crippen molar-refractivity contribution in [1.29, 1.82) is 0 Å². The fourth-order valence-electron chi connectivity index (χ4n) is 0.919. The Morgan fingerprint density at radius 1 is 1.42 bits per heavy atom. The van der Waals surface area contributed by atoms with Crippen molar-refractivity contribution in [3.05, 3.63) is 27.2 Å². The van der Waals surface area contributed by atoms with Crippen LogP contribution in [0.15, 0.2) is 18.2 Å². The number of hydrogen-bond acceptors (Lipinski definition) is 2. The van der Waals surface area contributed by atoms with Crippen LogP contribution in [-0.2, 0) is 0 Å². The minimum atomic E-state index is 0. The summed E-state index contributed by atoms with van der Waals surface area (Å²) in [4.78, 5) is 3.06. The maximum absolute atomic E-state index is 5.79. The normalized spacial score (nSPS) is 9.75. The van der Waals surface area contributed by atoms with E-state index in [9.17, 15) is 0 Å². The van der Waals surface area contributed by atoms with Crippen LogP contribution >= 0.6 is 35.2 Å². The molecule has 1 nitrogen and oxygen atoms in total. The summed E-state index contributed by atoms with van der Waals surface area (Å²) in [6.07, 6.45) is 0. The molecule has 1 aromatic heterocycles. The zero-order chi connectivity index (χ0) is 7.84. The maximum Gasteiger partial charge on any atom is 1.00 e. The van der Waals surface area contributed by atoms with Gasteiger partial charge in [-0.15, -0.1) is 11.3 Å². The van der Waals surface area contributed by atoms with Crippen molar-refractivity contribution in [3.63, 3.8) is 0 Å². The third kappa shape index (κ3) is 2.10. The Balaban J connectivity index is 0.000000720. The van der Waals surface area contributed by atoms with Crippen molar-refractivity contribution < 1.29 is 29.6 Å². The van der Waals surface area contributed by atoms with Gasteiger partial charge in [-0.1, -0.05) is 11.6 Å². The van der Waals surface area contributed by atoms with Gasteiger partial charge in [-0.25, -0.2) is 0 Å². The topological polar surface area (TPSA) is 15.8 Å². The monoisotopic (exact) mass is 224 g/mol. The molecule has 5 heteroatoms. The van der Waals surface area contributed by atoms with Crippen LogP contribution in [-0.4, -0.2) is 4.98 Å². The van der Waals surface area contributed by atoms with Gasteiger partial charge in [0.05, 0.1) is 10.2 Å². The van der Waals surface area contributed by atoms with Crippen LogP contribution in [0.1, 0.15) is 0 Å². The van der Waals surface area contributed by atoms with Gasteiger partial charge in [0.15, 0.2) is 3.95 Å². The molecule has 56 valence electrons. The second-order valence-corrected chi connectivity index (χ2v) is 4.31.